The molecule has 0 amide bonds. The van der Waals surface area contributed by atoms with Crippen LogP contribution in [0.5, 0.6) is 5.75 Å². The molecule has 0 aliphatic rings. The summed E-state index contributed by atoms with van der Waals surface area (Å²) in [5.74, 6) is 3.58. The Morgan fingerprint density at radius 1 is 0.667 bits per heavy atom. The number of ether oxygens (including phenoxy) is 1. The maximum absolute atomic E-state index is 6.29. The van der Waals surface area contributed by atoms with Crippen molar-refractivity contribution in [2.75, 3.05) is 12.4 Å². The van der Waals surface area contributed by atoms with Crippen molar-refractivity contribution in [3.63, 3.8) is 0 Å². The van der Waals surface area contributed by atoms with Gasteiger partial charge in [-0.15, -0.1) is 11.8 Å². The van der Waals surface area contributed by atoms with E-state index in [4.69, 9.17) is 9.15 Å². The molecule has 0 atom stereocenters. The third kappa shape index (κ3) is 7.15. The lowest BCUT2D eigenvalue weighted by Gasteiger charge is -2.07. The van der Waals surface area contributed by atoms with Gasteiger partial charge in [-0.2, -0.15) is 0 Å². The van der Waals surface area contributed by atoms with Gasteiger partial charge in [-0.1, -0.05) is 78.9 Å². The van der Waals surface area contributed by atoms with Gasteiger partial charge in [0.25, 0.3) is 0 Å². The van der Waals surface area contributed by atoms with Crippen LogP contribution in [0, 0.1) is 0 Å². The third-order valence-corrected chi connectivity index (χ3v) is 8.09. The molecule has 0 spiro atoms. The number of unbranched alkanes of at least 4 members (excludes halogenated alkanes) is 1. The van der Waals surface area contributed by atoms with Gasteiger partial charge in [0.1, 0.15) is 5.75 Å². The van der Waals surface area contributed by atoms with Gasteiger partial charge in [-0.25, -0.2) is 4.42 Å². The van der Waals surface area contributed by atoms with Crippen molar-refractivity contribution in [2.45, 2.75) is 17.7 Å². The van der Waals surface area contributed by atoms with Crippen LogP contribution in [0.3, 0.4) is 0 Å². The summed E-state index contributed by atoms with van der Waals surface area (Å²) < 4.78 is 12.3. The lowest BCUT2D eigenvalue weighted by Crippen LogP contribution is -1.98. The van der Waals surface area contributed by atoms with Crippen LogP contribution in [0.15, 0.2) is 143 Å². The van der Waals surface area contributed by atoms with Crippen molar-refractivity contribution < 1.29 is 9.15 Å². The molecule has 42 heavy (non-hydrogen) atoms. The number of fused-ring (bicyclic) bond motifs is 1. The topological polar surface area (TPSA) is 33.4 Å². The molecule has 0 aliphatic carbocycles. The summed E-state index contributed by atoms with van der Waals surface area (Å²) in [7, 11) is 0. The van der Waals surface area contributed by atoms with Gasteiger partial charge in [-0.05, 0) is 72.2 Å². The number of pyridine rings is 1. The summed E-state index contributed by atoms with van der Waals surface area (Å²) in [5.41, 5.74) is 5.51. The molecule has 0 fully saturated rings. The second-order valence-corrected chi connectivity index (χ2v) is 11.1. The van der Waals surface area contributed by atoms with Crippen molar-refractivity contribution in [1.82, 2.24) is 4.98 Å². The Balaban J connectivity index is 1.04. The number of benzene rings is 4. The second-order valence-electron chi connectivity index (χ2n) is 9.98. The number of para-hydroxylation sites is 1. The SMILES string of the molecule is C(=C\c1cc(-c2ccccc2)cc(-c2ccccc2)[o+]1)/c1ccc(OCCCCSc2cccc3cccnc23)cc1. The van der Waals surface area contributed by atoms with Crippen LogP contribution in [0.2, 0.25) is 0 Å². The second kappa shape index (κ2) is 13.8. The molecule has 4 heteroatoms. The number of hydrogen-bond acceptors (Lipinski definition) is 3. The number of aromatic nitrogens is 1. The first-order valence-corrected chi connectivity index (χ1v) is 15.3. The van der Waals surface area contributed by atoms with Crippen LogP contribution in [-0.4, -0.2) is 17.3 Å². The molecule has 4 aromatic carbocycles. The Hall–Kier alpha value is -4.67. The lowest BCUT2D eigenvalue weighted by atomic mass is 10.0. The molecule has 0 unspecified atom stereocenters. The zero-order valence-electron chi connectivity index (χ0n) is 23.4. The molecule has 2 aromatic heterocycles. The lowest BCUT2D eigenvalue weighted by molar-refractivity contribution is 0.310. The predicted molar refractivity (Wildman–Crippen MR) is 177 cm³/mol. The van der Waals surface area contributed by atoms with Crippen molar-refractivity contribution in [1.29, 1.82) is 0 Å². The highest BCUT2D eigenvalue weighted by atomic mass is 32.2. The summed E-state index contributed by atoms with van der Waals surface area (Å²) in [6.07, 6.45) is 8.06. The standard InChI is InChI=1S/C38H32NO2S/c1-3-11-30(12-4-1)33-27-35(41-36(28-33)31-13-5-2-6-14-31)23-20-29-18-21-34(22-19-29)40-25-7-8-26-42-37-17-9-15-32-16-10-24-39-38(32)37/h1-6,9-24,27-28H,7-8,25-26H2/q+1/b23-20+. The molecule has 2 heterocycles. The fourth-order valence-electron chi connectivity index (χ4n) is 4.77. The number of thioether (sulfide) groups is 1. The molecule has 6 aromatic rings. The highest BCUT2D eigenvalue weighted by Crippen LogP contribution is 2.30. The van der Waals surface area contributed by atoms with Gasteiger partial charge in [0.2, 0.25) is 0 Å². The minimum atomic E-state index is 0.705. The van der Waals surface area contributed by atoms with Gasteiger partial charge in [0.05, 0.1) is 29.8 Å². The maximum Gasteiger partial charge on any atom is 0.361 e. The Bertz CT molecular complexity index is 1700. The summed E-state index contributed by atoms with van der Waals surface area (Å²) in [5, 5.41) is 1.19. The van der Waals surface area contributed by atoms with Crippen LogP contribution in [0.25, 0.3) is 45.5 Å². The van der Waals surface area contributed by atoms with E-state index in [0.717, 1.165) is 63.6 Å². The monoisotopic (exact) mass is 566 g/mol. The van der Waals surface area contributed by atoms with Crippen molar-refractivity contribution >= 4 is 34.8 Å². The molecule has 0 N–H and O–H groups in total. The highest BCUT2D eigenvalue weighted by molar-refractivity contribution is 7.99. The number of nitrogens with zero attached hydrogens (tertiary/aromatic N) is 1. The summed E-state index contributed by atoms with van der Waals surface area (Å²) in [6, 6.07) is 43.5. The Labute approximate surface area is 251 Å². The van der Waals surface area contributed by atoms with Gasteiger partial charge >= 0.3 is 11.5 Å². The van der Waals surface area contributed by atoms with Gasteiger partial charge < -0.3 is 4.74 Å². The van der Waals surface area contributed by atoms with E-state index < -0.39 is 0 Å². The molecule has 0 saturated carbocycles. The van der Waals surface area contributed by atoms with E-state index in [9.17, 15) is 0 Å². The molecule has 0 radical (unpaired) electrons. The van der Waals surface area contributed by atoms with E-state index in [0.29, 0.717) is 6.61 Å². The number of rotatable bonds is 11. The van der Waals surface area contributed by atoms with Crippen LogP contribution in [0.1, 0.15) is 24.2 Å². The van der Waals surface area contributed by atoms with Crippen LogP contribution in [0.4, 0.5) is 0 Å². The maximum atomic E-state index is 6.29. The van der Waals surface area contributed by atoms with E-state index >= 15 is 0 Å². The van der Waals surface area contributed by atoms with E-state index in [-0.39, 0.29) is 0 Å². The van der Waals surface area contributed by atoms with Gasteiger partial charge in [-0.3, -0.25) is 4.98 Å². The van der Waals surface area contributed by atoms with Crippen molar-refractivity contribution in [3.8, 4) is 28.2 Å². The van der Waals surface area contributed by atoms with Crippen molar-refractivity contribution in [2.24, 2.45) is 0 Å². The normalized spacial score (nSPS) is 11.2. The van der Waals surface area contributed by atoms with E-state index in [1.54, 1.807) is 0 Å². The largest absolute Gasteiger partial charge is 0.494 e. The molecule has 0 aliphatic heterocycles. The minimum Gasteiger partial charge on any atom is -0.494 e. The summed E-state index contributed by atoms with van der Waals surface area (Å²) in [6.45, 7) is 0.705. The van der Waals surface area contributed by atoms with Crippen LogP contribution in [-0.2, 0) is 0 Å². The Morgan fingerprint density at radius 2 is 1.43 bits per heavy atom. The quantitative estimate of drug-likeness (QED) is 0.0887. The molecular formula is C38H32NO2S+. The highest BCUT2D eigenvalue weighted by Gasteiger charge is 2.17. The molecular weight excluding hydrogens is 534 g/mol. The van der Waals surface area contributed by atoms with Crippen molar-refractivity contribution in [3.05, 3.63) is 145 Å². The number of hydrogen-bond donors (Lipinski definition) is 0. The zero-order chi connectivity index (χ0) is 28.4. The first-order valence-electron chi connectivity index (χ1n) is 14.3. The van der Waals surface area contributed by atoms with Crippen LogP contribution >= 0.6 is 11.8 Å². The van der Waals surface area contributed by atoms with E-state index in [1.165, 1.54) is 10.3 Å². The van der Waals surface area contributed by atoms with Gasteiger partial charge in [0, 0.05) is 28.1 Å². The molecule has 0 bridgehead atoms. The average molecular weight is 567 g/mol. The third-order valence-electron chi connectivity index (χ3n) is 6.96. The fourth-order valence-corrected chi connectivity index (χ4v) is 5.82. The fraction of sp³-hybridized carbons (Fsp3) is 0.105. The van der Waals surface area contributed by atoms with Gasteiger partial charge in [0.15, 0.2) is 0 Å². The zero-order valence-corrected chi connectivity index (χ0v) is 24.2. The van der Waals surface area contributed by atoms with Crippen LogP contribution < -0.4 is 4.74 Å². The summed E-state index contributed by atoms with van der Waals surface area (Å²) >= 11 is 1.87. The molecule has 206 valence electrons. The molecule has 3 nitrogen and oxygen atoms in total. The summed E-state index contributed by atoms with van der Waals surface area (Å²) in [4.78, 5) is 5.79. The predicted octanol–water partition coefficient (Wildman–Crippen LogP) is 10.6. The van der Waals surface area contributed by atoms with E-state index in [1.807, 2.05) is 66.5 Å². The smallest absolute Gasteiger partial charge is 0.361 e. The Kier molecular flexibility index (Phi) is 9.03. The minimum absolute atomic E-state index is 0.705. The first-order chi connectivity index (χ1) is 20.8. The van der Waals surface area contributed by atoms with E-state index in [2.05, 4.69) is 96.0 Å². The molecule has 6 rings (SSSR count). The first kappa shape index (κ1) is 27.5. The Morgan fingerprint density at radius 3 is 2.24 bits per heavy atom. The molecule has 0 saturated heterocycles. The average Bonchev–Trinajstić information content (AvgIpc) is 3.06.